The van der Waals surface area contributed by atoms with E-state index < -0.39 is 5.97 Å². The third kappa shape index (κ3) is 5.03. The average molecular weight is 390 g/mol. The number of halogens is 1. The van der Waals surface area contributed by atoms with E-state index in [2.05, 4.69) is 31.4 Å². The van der Waals surface area contributed by atoms with Gasteiger partial charge in [0.1, 0.15) is 0 Å². The number of carbonyl (C=O) groups excluding carboxylic acids is 2. The van der Waals surface area contributed by atoms with Crippen molar-refractivity contribution in [2.75, 3.05) is 5.32 Å². The zero-order valence-corrected chi connectivity index (χ0v) is 16.1. The minimum Gasteiger partial charge on any atom is -0.545 e. The third-order valence-electron chi connectivity index (χ3n) is 3.69. The normalized spacial score (nSPS) is 10.9. The topological polar surface area (TPSA) is 81.3 Å². The predicted octanol–water partition coefficient (Wildman–Crippen LogP) is 3.13. The van der Waals surface area contributed by atoms with E-state index in [1.807, 2.05) is 12.1 Å². The summed E-state index contributed by atoms with van der Waals surface area (Å²) >= 11 is 11.0. The Morgan fingerprint density at radius 1 is 1.08 bits per heavy atom. The molecule has 0 saturated carbocycles. The molecule has 0 fully saturated rings. The lowest BCUT2D eigenvalue weighted by Crippen LogP contribution is -2.34. The van der Waals surface area contributed by atoms with E-state index in [0.29, 0.717) is 11.3 Å². The van der Waals surface area contributed by atoms with Crippen molar-refractivity contribution in [1.29, 1.82) is 0 Å². The molecule has 5 nitrogen and oxygen atoms in total. The van der Waals surface area contributed by atoms with Gasteiger partial charge in [-0.05, 0) is 53.5 Å². The Labute approximate surface area is 162 Å². The smallest absolute Gasteiger partial charge is 0.257 e. The number of aromatic carboxylic acids is 1. The van der Waals surface area contributed by atoms with Crippen molar-refractivity contribution in [3.05, 3.63) is 64.2 Å². The number of carbonyl (C=O) groups is 2. The molecule has 0 bridgehead atoms. The molecule has 0 saturated heterocycles. The van der Waals surface area contributed by atoms with E-state index in [0.717, 1.165) is 5.56 Å². The molecule has 0 spiro atoms. The molecule has 1 amide bonds. The van der Waals surface area contributed by atoms with Crippen LogP contribution in [-0.4, -0.2) is 17.0 Å². The van der Waals surface area contributed by atoms with Crippen molar-refractivity contribution in [3.8, 4) is 0 Å². The molecule has 7 heteroatoms. The number of carboxylic acids is 1. The minimum atomic E-state index is -1.36. The second kappa shape index (κ2) is 7.85. The number of hydrogen-bond donors (Lipinski definition) is 2. The Balaban J connectivity index is 2.02. The van der Waals surface area contributed by atoms with Gasteiger partial charge in [-0.3, -0.25) is 10.1 Å². The standard InChI is InChI=1S/C19H19ClN2O3S/c1-19(2,3)12-6-4-11(5-7-12)16(23)22-18(26)21-13-8-9-14(17(24)25)15(20)10-13/h4-10H,1-3H3,(H,24,25)(H2,21,22,23,26)/p-1. The first-order valence-electron chi connectivity index (χ1n) is 7.81. The van der Waals surface area contributed by atoms with Crippen LogP contribution in [0.3, 0.4) is 0 Å². The summed E-state index contributed by atoms with van der Waals surface area (Å²) < 4.78 is 0. The number of carboxylic acid groups (broad SMARTS) is 1. The van der Waals surface area contributed by atoms with Crippen LogP contribution in [0.5, 0.6) is 0 Å². The van der Waals surface area contributed by atoms with E-state index in [4.69, 9.17) is 23.8 Å². The van der Waals surface area contributed by atoms with Gasteiger partial charge < -0.3 is 15.2 Å². The van der Waals surface area contributed by atoms with Crippen LogP contribution >= 0.6 is 23.8 Å². The molecular weight excluding hydrogens is 372 g/mol. The van der Waals surface area contributed by atoms with Crippen molar-refractivity contribution >= 4 is 46.5 Å². The molecule has 0 unspecified atom stereocenters. The number of amides is 1. The fraction of sp³-hybridized carbons (Fsp3) is 0.211. The highest BCUT2D eigenvalue weighted by molar-refractivity contribution is 7.80. The van der Waals surface area contributed by atoms with E-state index in [1.54, 1.807) is 12.1 Å². The van der Waals surface area contributed by atoms with Gasteiger partial charge in [-0.15, -0.1) is 0 Å². The molecule has 0 aliphatic carbocycles. The molecule has 136 valence electrons. The van der Waals surface area contributed by atoms with Gasteiger partial charge in [0.15, 0.2) is 5.11 Å². The second-order valence-electron chi connectivity index (χ2n) is 6.72. The van der Waals surface area contributed by atoms with Crippen LogP contribution in [0, 0.1) is 0 Å². The molecule has 0 aliphatic rings. The van der Waals surface area contributed by atoms with Crippen LogP contribution in [0.1, 0.15) is 47.1 Å². The summed E-state index contributed by atoms with van der Waals surface area (Å²) in [6, 6.07) is 11.5. The maximum atomic E-state index is 12.3. The summed E-state index contributed by atoms with van der Waals surface area (Å²) in [6.45, 7) is 6.29. The molecule has 0 aliphatic heterocycles. The summed E-state index contributed by atoms with van der Waals surface area (Å²) in [5.74, 6) is -1.71. The maximum Gasteiger partial charge on any atom is 0.257 e. The third-order valence-corrected chi connectivity index (χ3v) is 4.20. The van der Waals surface area contributed by atoms with Crippen LogP contribution in [-0.2, 0) is 5.41 Å². The van der Waals surface area contributed by atoms with Crippen molar-refractivity contribution in [2.24, 2.45) is 0 Å². The zero-order chi connectivity index (χ0) is 19.5. The lowest BCUT2D eigenvalue weighted by molar-refractivity contribution is -0.255. The second-order valence-corrected chi connectivity index (χ2v) is 7.53. The summed E-state index contributed by atoms with van der Waals surface area (Å²) in [4.78, 5) is 23.1. The number of anilines is 1. The first kappa shape index (κ1) is 19.9. The molecule has 2 aromatic carbocycles. The fourth-order valence-electron chi connectivity index (χ4n) is 2.22. The minimum absolute atomic E-state index is 0.00274. The van der Waals surface area contributed by atoms with Gasteiger partial charge >= 0.3 is 0 Å². The lowest BCUT2D eigenvalue weighted by atomic mass is 9.87. The van der Waals surface area contributed by atoms with Gasteiger partial charge in [0.2, 0.25) is 0 Å². The molecule has 0 radical (unpaired) electrons. The summed E-state index contributed by atoms with van der Waals surface area (Å²) in [5, 5.41) is 16.3. The Hall–Kier alpha value is -2.44. The van der Waals surface area contributed by atoms with Crippen molar-refractivity contribution in [3.63, 3.8) is 0 Å². The molecule has 2 aromatic rings. The Morgan fingerprint density at radius 2 is 1.69 bits per heavy atom. The van der Waals surface area contributed by atoms with Crippen LogP contribution < -0.4 is 15.7 Å². The van der Waals surface area contributed by atoms with Crippen LogP contribution in [0.4, 0.5) is 5.69 Å². The molecule has 0 heterocycles. The van der Waals surface area contributed by atoms with Gasteiger partial charge in [0.05, 0.1) is 11.0 Å². The predicted molar refractivity (Wildman–Crippen MR) is 105 cm³/mol. The van der Waals surface area contributed by atoms with E-state index in [-0.39, 0.29) is 27.0 Å². The molecule has 2 rings (SSSR count). The molecular formula is C19H18ClN2O3S-. The van der Waals surface area contributed by atoms with Crippen LogP contribution in [0.15, 0.2) is 42.5 Å². The molecule has 0 atom stereocenters. The van der Waals surface area contributed by atoms with Gasteiger partial charge in [-0.25, -0.2) is 0 Å². The quantitative estimate of drug-likeness (QED) is 0.788. The van der Waals surface area contributed by atoms with Crippen LogP contribution in [0.25, 0.3) is 0 Å². The van der Waals surface area contributed by atoms with Crippen molar-refractivity contribution in [1.82, 2.24) is 5.32 Å². The maximum absolute atomic E-state index is 12.3. The first-order valence-corrected chi connectivity index (χ1v) is 8.60. The summed E-state index contributed by atoms with van der Waals surface area (Å²) in [5.41, 5.74) is 1.94. The largest absolute Gasteiger partial charge is 0.545 e. The highest BCUT2D eigenvalue weighted by Gasteiger charge is 2.15. The Bertz CT molecular complexity index is 858. The number of thiocarbonyl (C=S) groups is 1. The SMILES string of the molecule is CC(C)(C)c1ccc(C(=O)NC(=S)Nc2ccc(C(=O)[O-])c(Cl)c2)cc1. The highest BCUT2D eigenvalue weighted by atomic mass is 35.5. The summed E-state index contributed by atoms with van der Waals surface area (Å²) in [6.07, 6.45) is 0. The van der Waals surface area contributed by atoms with Crippen LogP contribution in [0.2, 0.25) is 5.02 Å². The number of benzene rings is 2. The number of nitrogens with one attached hydrogen (secondary N) is 2. The Morgan fingerprint density at radius 3 is 2.19 bits per heavy atom. The average Bonchev–Trinajstić information content (AvgIpc) is 2.53. The number of hydrogen-bond acceptors (Lipinski definition) is 4. The van der Waals surface area contributed by atoms with E-state index in [9.17, 15) is 14.7 Å². The fourth-order valence-corrected chi connectivity index (χ4v) is 2.69. The van der Waals surface area contributed by atoms with Gasteiger partial charge in [0.25, 0.3) is 5.91 Å². The van der Waals surface area contributed by atoms with E-state index >= 15 is 0 Å². The highest BCUT2D eigenvalue weighted by Crippen LogP contribution is 2.22. The first-order chi connectivity index (χ1) is 12.1. The monoisotopic (exact) mass is 389 g/mol. The summed E-state index contributed by atoms with van der Waals surface area (Å²) in [7, 11) is 0. The van der Waals surface area contributed by atoms with Gasteiger partial charge in [-0.2, -0.15) is 0 Å². The van der Waals surface area contributed by atoms with E-state index in [1.165, 1.54) is 18.2 Å². The zero-order valence-electron chi connectivity index (χ0n) is 14.6. The Kier molecular flexibility index (Phi) is 6.00. The van der Waals surface area contributed by atoms with Gasteiger partial charge in [-0.1, -0.05) is 44.5 Å². The lowest BCUT2D eigenvalue weighted by Gasteiger charge is -2.19. The van der Waals surface area contributed by atoms with Crippen molar-refractivity contribution in [2.45, 2.75) is 26.2 Å². The van der Waals surface area contributed by atoms with Crippen molar-refractivity contribution < 1.29 is 14.7 Å². The molecule has 26 heavy (non-hydrogen) atoms. The molecule has 2 N–H and O–H groups in total. The molecule has 0 aromatic heterocycles. The number of rotatable bonds is 3. The van der Waals surface area contributed by atoms with Gasteiger partial charge in [0, 0.05) is 16.8 Å².